The summed E-state index contributed by atoms with van der Waals surface area (Å²) in [5.74, 6) is -0.516. The largest absolute Gasteiger partial charge is 0.481 e. The smallest absolute Gasteiger partial charge is 0.307 e. The first-order valence-corrected chi connectivity index (χ1v) is 42.2. The average molecular weight is 2010 g/mol. The van der Waals surface area contributed by atoms with Crippen molar-refractivity contribution in [2.45, 2.75) is 291 Å². The van der Waals surface area contributed by atoms with Crippen LogP contribution in [0.2, 0.25) is 0 Å². The van der Waals surface area contributed by atoms with Crippen LogP contribution in [0, 0.1) is 13.8 Å². The summed E-state index contributed by atoms with van der Waals surface area (Å²) in [6.45, 7) is 64.2. The van der Waals surface area contributed by atoms with E-state index in [0.29, 0.717) is 22.2 Å². The molecule has 0 amide bonds. The molecule has 0 fully saturated rings. The van der Waals surface area contributed by atoms with Gasteiger partial charge in [-0.1, -0.05) is 187 Å². The summed E-state index contributed by atoms with van der Waals surface area (Å²) in [6.07, 6.45) is 2.63. The minimum atomic E-state index is -0.826. The zero-order valence-corrected chi connectivity index (χ0v) is 82.4. The lowest BCUT2D eigenvalue weighted by atomic mass is 9.90. The number of pyridine rings is 8. The van der Waals surface area contributed by atoms with Gasteiger partial charge in [0.25, 0.3) is 0 Å². The molecule has 8 heterocycles. The van der Waals surface area contributed by atoms with E-state index >= 15 is 0 Å². The van der Waals surface area contributed by atoms with E-state index in [-0.39, 0.29) is 74.5 Å². The Hall–Kier alpha value is -4.48. The Morgan fingerprint density at radius 2 is 0.468 bits per heavy atom. The molecular formula is C88H122Br8N8O5. The summed E-state index contributed by atoms with van der Waals surface area (Å²) < 4.78 is 6.65. The van der Waals surface area contributed by atoms with Gasteiger partial charge in [0, 0.05) is 106 Å². The number of Topliss-reactive ketones (excluding diaryl/α,β-unsaturated/α-hetero) is 3. The SMILES string of the molecule is C.CC(=O)Cc1cc(Br)nc(C(C)(C)C)c1.CC(=O)c1cc(Br)nc(C(C)(C)C)c1.CC(=O)c1cc(Br)nc(C(C)(C)C)c1.CC(C)(C)c1cc(CC(=O)O)cc(Br)n1.CCc1cc(Br)nc(C(C)(C)C)c1.CCc1cc(Br)nc(C(C)(C)C)c1.Cc1cc(Br)nc(C(C)(C)C)c1.Cc1cc(Br)nc(C(C)(C)C)c1. The number of ketones is 3. The highest BCUT2D eigenvalue weighted by molar-refractivity contribution is 9.11. The third kappa shape index (κ3) is 41.9. The molecule has 21 heteroatoms. The summed E-state index contributed by atoms with van der Waals surface area (Å²) >= 11 is 26.9. The zero-order chi connectivity index (χ0) is 84.0. The molecule has 0 aromatic carbocycles. The minimum absolute atomic E-state index is 0. The van der Waals surface area contributed by atoms with Crippen molar-refractivity contribution in [3.63, 3.8) is 0 Å². The van der Waals surface area contributed by atoms with Crippen molar-refractivity contribution in [1.82, 2.24) is 39.9 Å². The third-order valence-electron chi connectivity index (χ3n) is 15.5. The number of hydrogen-bond donors (Lipinski definition) is 1. The maximum atomic E-state index is 11.2. The Kier molecular flexibility index (Phi) is 43.1. The van der Waals surface area contributed by atoms with Gasteiger partial charge < -0.3 is 5.11 Å². The van der Waals surface area contributed by atoms with Gasteiger partial charge in [-0.05, 0) is 305 Å². The minimum Gasteiger partial charge on any atom is -0.481 e. The fourth-order valence-corrected chi connectivity index (χ4v) is 12.9. The average Bonchev–Trinajstić information content (AvgIpc) is 0.861. The van der Waals surface area contributed by atoms with Gasteiger partial charge in [-0.2, -0.15) is 0 Å². The summed E-state index contributed by atoms with van der Waals surface area (Å²) in [5.41, 5.74) is 17.1. The molecule has 0 saturated carbocycles. The van der Waals surface area contributed by atoms with Gasteiger partial charge >= 0.3 is 5.97 Å². The fourth-order valence-electron chi connectivity index (χ4n) is 9.00. The van der Waals surface area contributed by atoms with Gasteiger partial charge in [-0.25, -0.2) is 39.9 Å². The predicted octanol–water partition coefficient (Wildman–Crippen LogP) is 27.7. The van der Waals surface area contributed by atoms with E-state index in [1.165, 1.54) is 22.3 Å². The van der Waals surface area contributed by atoms with E-state index in [2.05, 4.69) is 377 Å². The van der Waals surface area contributed by atoms with Crippen molar-refractivity contribution in [2.24, 2.45) is 0 Å². The van der Waals surface area contributed by atoms with Crippen LogP contribution in [0.1, 0.15) is 308 Å². The van der Waals surface area contributed by atoms with Crippen molar-refractivity contribution in [1.29, 1.82) is 0 Å². The number of rotatable bonds is 8. The summed E-state index contributed by atoms with van der Waals surface area (Å²) in [5, 5.41) is 8.72. The van der Waals surface area contributed by atoms with E-state index in [1.54, 1.807) is 39.0 Å². The van der Waals surface area contributed by atoms with Crippen LogP contribution in [0.25, 0.3) is 0 Å². The number of aliphatic carboxylic acids is 1. The second-order valence-corrected chi connectivity index (χ2v) is 41.3. The first kappa shape index (κ1) is 105. The van der Waals surface area contributed by atoms with Crippen LogP contribution in [0.5, 0.6) is 0 Å². The van der Waals surface area contributed by atoms with Gasteiger partial charge in [-0.3, -0.25) is 19.2 Å². The van der Waals surface area contributed by atoms with E-state index < -0.39 is 5.97 Å². The lowest BCUT2D eigenvalue weighted by molar-refractivity contribution is -0.136. The number of hydrogen-bond acceptors (Lipinski definition) is 12. The Balaban J connectivity index is 0.00000122. The summed E-state index contributed by atoms with van der Waals surface area (Å²) in [7, 11) is 0. The number of carboxylic acid groups (broad SMARTS) is 1. The van der Waals surface area contributed by atoms with E-state index in [0.717, 1.165) is 102 Å². The second kappa shape index (κ2) is 45.0. The molecule has 600 valence electrons. The Morgan fingerprint density at radius 3 is 0.661 bits per heavy atom. The van der Waals surface area contributed by atoms with Gasteiger partial charge in [0.2, 0.25) is 0 Å². The lowest BCUT2D eigenvalue weighted by Crippen LogP contribution is -2.14. The molecule has 0 unspecified atom stereocenters. The first-order chi connectivity index (χ1) is 48.8. The maximum Gasteiger partial charge on any atom is 0.307 e. The van der Waals surface area contributed by atoms with Crippen molar-refractivity contribution in [2.75, 3.05) is 0 Å². The molecule has 0 aliphatic heterocycles. The number of aromatic nitrogens is 8. The molecule has 8 aromatic heterocycles. The van der Waals surface area contributed by atoms with E-state index in [1.807, 2.05) is 63.2 Å². The highest BCUT2D eigenvalue weighted by Crippen LogP contribution is 2.31. The Morgan fingerprint density at radius 1 is 0.284 bits per heavy atom. The second-order valence-electron chi connectivity index (χ2n) is 34.8. The molecular weight excluding hydrogens is 1890 g/mol. The standard InChI is InChI=1S/C12H16BrNO.C11H14BrNO2.2C11H14BrNO.2C11H16BrN.2C10H14BrN.CH4/c1-8(15)5-9-6-10(12(2,3)4)14-11(13)7-9;1-11(2,3)8-4-7(6-10(14)15)5-9(12)13-8;2*1-7(14)8-5-9(11(2,3)4)13-10(12)6-8;2*1-5-8-6-9(11(2,3)4)13-10(12)7-8;2*1-7-5-8(10(2,3)4)12-9(11)6-7;/h6-7H,5H2,1-4H3;4-5H,6H2,1-3H3,(H,14,15);2*5-6H,1-4H3;2*6-7H,5H2,1-4H3;2*5-6H,1-4H3;1H4. The normalized spacial score (nSPS) is 11.5. The molecule has 0 saturated heterocycles. The van der Waals surface area contributed by atoms with Crippen LogP contribution in [0.15, 0.2) is 134 Å². The van der Waals surface area contributed by atoms with Crippen LogP contribution in [0.3, 0.4) is 0 Å². The molecule has 13 nitrogen and oxygen atoms in total. The number of carbonyl (C=O) groups is 4. The molecule has 0 bridgehead atoms. The molecule has 8 rings (SSSR count). The van der Waals surface area contributed by atoms with Crippen molar-refractivity contribution in [3.05, 3.63) is 224 Å². The number of halogens is 8. The van der Waals surface area contributed by atoms with Crippen molar-refractivity contribution < 1.29 is 24.3 Å². The lowest BCUT2D eigenvalue weighted by Gasteiger charge is -2.18. The van der Waals surface area contributed by atoms with Crippen molar-refractivity contribution in [3.8, 4) is 0 Å². The third-order valence-corrected chi connectivity index (χ3v) is 18.7. The van der Waals surface area contributed by atoms with E-state index in [4.69, 9.17) is 5.11 Å². The van der Waals surface area contributed by atoms with Gasteiger partial charge in [0.1, 0.15) is 42.6 Å². The zero-order valence-electron chi connectivity index (χ0n) is 69.7. The molecule has 0 atom stereocenters. The molecule has 8 aromatic rings. The molecule has 109 heavy (non-hydrogen) atoms. The van der Waals surface area contributed by atoms with Crippen LogP contribution in [0.4, 0.5) is 0 Å². The summed E-state index contributed by atoms with van der Waals surface area (Å²) in [4.78, 5) is 79.4. The van der Waals surface area contributed by atoms with Crippen LogP contribution < -0.4 is 0 Å². The van der Waals surface area contributed by atoms with Gasteiger partial charge in [0.05, 0.1) is 6.42 Å². The number of carboxylic acids is 1. The van der Waals surface area contributed by atoms with Crippen LogP contribution >= 0.6 is 127 Å². The van der Waals surface area contributed by atoms with Gasteiger partial charge in [0.15, 0.2) is 11.6 Å². The van der Waals surface area contributed by atoms with Crippen LogP contribution in [-0.4, -0.2) is 68.3 Å². The molecule has 0 radical (unpaired) electrons. The van der Waals surface area contributed by atoms with Crippen LogP contribution in [-0.2, 0) is 78.6 Å². The molecule has 0 aliphatic rings. The maximum absolute atomic E-state index is 11.2. The molecule has 0 aliphatic carbocycles. The Bertz CT molecular complexity index is 4000. The van der Waals surface area contributed by atoms with Gasteiger partial charge in [-0.15, -0.1) is 0 Å². The Labute approximate surface area is 723 Å². The topological polar surface area (TPSA) is 192 Å². The number of aryl methyl sites for hydroxylation is 4. The first-order valence-electron chi connectivity index (χ1n) is 35.9. The predicted molar refractivity (Wildman–Crippen MR) is 486 cm³/mol. The highest BCUT2D eigenvalue weighted by Gasteiger charge is 2.24. The molecule has 0 spiro atoms. The summed E-state index contributed by atoms with van der Waals surface area (Å²) in [6, 6.07) is 31.5. The quantitative estimate of drug-likeness (QED) is 0.112. The van der Waals surface area contributed by atoms with E-state index in [9.17, 15) is 19.2 Å². The number of carbonyl (C=O) groups excluding carboxylic acids is 3. The monoisotopic (exact) mass is 2000 g/mol. The fraction of sp³-hybridized carbons (Fsp3) is 0.500. The highest BCUT2D eigenvalue weighted by atomic mass is 79.9. The number of nitrogens with zero attached hydrogens (tertiary/aromatic N) is 8. The van der Waals surface area contributed by atoms with Crippen molar-refractivity contribution >= 4 is 151 Å². The molecule has 1 N–H and O–H groups in total.